The van der Waals surface area contributed by atoms with Crippen molar-refractivity contribution in [1.29, 1.82) is 0 Å². The van der Waals surface area contributed by atoms with Crippen molar-refractivity contribution in [2.24, 2.45) is 5.92 Å². The molecule has 2 unspecified atom stereocenters. The number of alkyl halides is 4. The van der Waals surface area contributed by atoms with Crippen molar-refractivity contribution in [3.8, 4) is 0 Å². The third-order valence-electron chi connectivity index (χ3n) is 4.79. The fourth-order valence-corrected chi connectivity index (χ4v) is 4.58. The predicted molar refractivity (Wildman–Crippen MR) is 139 cm³/mol. The van der Waals surface area contributed by atoms with Gasteiger partial charge in [0.25, 0.3) is 0 Å². The third kappa shape index (κ3) is 12.6. The Labute approximate surface area is 211 Å². The van der Waals surface area contributed by atoms with E-state index in [4.69, 9.17) is 16.7 Å². The summed E-state index contributed by atoms with van der Waals surface area (Å²) in [6.07, 6.45) is 5.44. The van der Waals surface area contributed by atoms with Gasteiger partial charge in [-0.15, -0.1) is 22.9 Å². The fourth-order valence-electron chi connectivity index (χ4n) is 3.28. The molecule has 7 heteroatoms. The zero-order valence-corrected chi connectivity index (χ0v) is 22.4. The molecule has 1 heterocycles. The van der Waals surface area contributed by atoms with Crippen LogP contribution in [-0.2, 0) is 19.0 Å². The van der Waals surface area contributed by atoms with Crippen LogP contribution >= 0.6 is 22.9 Å². The first-order valence-electron chi connectivity index (χ1n) is 12.0. The van der Waals surface area contributed by atoms with Crippen LogP contribution in [0.3, 0.4) is 0 Å². The average Bonchev–Trinajstić information content (AvgIpc) is 3.46. The highest BCUT2D eigenvalue weighted by Gasteiger charge is 2.30. The minimum Gasteiger partial charge on any atom is -0.477 e. The summed E-state index contributed by atoms with van der Waals surface area (Å²) in [5.74, 6) is -0.342. The van der Waals surface area contributed by atoms with Crippen molar-refractivity contribution < 1.29 is 23.1 Å². The quantitative estimate of drug-likeness (QED) is 0.305. The van der Waals surface area contributed by atoms with Crippen molar-refractivity contribution >= 4 is 28.9 Å². The lowest BCUT2D eigenvalue weighted by molar-refractivity contribution is -0.137. The highest BCUT2D eigenvalue weighted by atomic mass is 35.5. The summed E-state index contributed by atoms with van der Waals surface area (Å²) >= 11 is 7.38. The van der Waals surface area contributed by atoms with Gasteiger partial charge in [0.2, 0.25) is 0 Å². The number of aryl methyl sites for hydroxylation is 1. The topological polar surface area (TPSA) is 37.3 Å². The second-order valence-corrected chi connectivity index (χ2v) is 9.11. The highest BCUT2D eigenvalue weighted by molar-refractivity contribution is 7.13. The van der Waals surface area contributed by atoms with Gasteiger partial charge in [0.05, 0.1) is 5.56 Å². The molecule has 1 aromatic carbocycles. The summed E-state index contributed by atoms with van der Waals surface area (Å²) in [6, 6.07) is 9.04. The molecule has 192 valence electrons. The van der Waals surface area contributed by atoms with E-state index in [0.29, 0.717) is 22.8 Å². The number of carboxylic acids is 1. The molecule has 0 spiro atoms. The molecule has 1 fully saturated rings. The molecule has 0 radical (unpaired) electrons. The first-order chi connectivity index (χ1) is 16.2. The Bertz CT molecular complexity index is 846. The Morgan fingerprint density at radius 1 is 1.15 bits per heavy atom. The summed E-state index contributed by atoms with van der Waals surface area (Å²) in [6.45, 7) is 10.1. The number of hydrogen-bond acceptors (Lipinski definition) is 2. The Morgan fingerprint density at radius 2 is 1.82 bits per heavy atom. The minimum atomic E-state index is -4.27. The lowest BCUT2D eigenvalue weighted by Crippen LogP contribution is -2.05. The summed E-state index contributed by atoms with van der Waals surface area (Å²) in [5, 5.41) is 8.83. The number of thiophene rings is 1. The lowest BCUT2D eigenvalue weighted by atomic mass is 10.0. The van der Waals surface area contributed by atoms with Crippen molar-refractivity contribution in [3.05, 3.63) is 69.4 Å². The molecule has 2 atom stereocenters. The van der Waals surface area contributed by atoms with Gasteiger partial charge in [-0.2, -0.15) is 13.2 Å². The lowest BCUT2D eigenvalue weighted by Gasteiger charge is -2.07. The van der Waals surface area contributed by atoms with Gasteiger partial charge in [-0.3, -0.25) is 0 Å². The van der Waals surface area contributed by atoms with Gasteiger partial charge in [-0.1, -0.05) is 71.4 Å². The first-order valence-corrected chi connectivity index (χ1v) is 13.2. The van der Waals surface area contributed by atoms with Crippen LogP contribution in [0.2, 0.25) is 0 Å². The number of benzene rings is 1. The molecule has 1 saturated carbocycles. The normalized spacial score (nSPS) is 17.1. The minimum absolute atomic E-state index is 0.253. The van der Waals surface area contributed by atoms with Crippen molar-refractivity contribution in [2.75, 3.05) is 0 Å². The second-order valence-electron chi connectivity index (χ2n) is 7.32. The van der Waals surface area contributed by atoms with E-state index < -0.39 is 17.7 Å². The molecule has 0 amide bonds. The van der Waals surface area contributed by atoms with E-state index in [1.54, 1.807) is 12.1 Å². The van der Waals surface area contributed by atoms with Crippen LogP contribution < -0.4 is 0 Å². The number of allylic oxidation sites excluding steroid dienone is 2. The summed E-state index contributed by atoms with van der Waals surface area (Å²) in [5.41, 5.74) is 0.103. The maximum absolute atomic E-state index is 12.5. The molecule has 34 heavy (non-hydrogen) atoms. The Kier molecular flexibility index (Phi) is 16.7. The SMILES string of the molecule is CC.CC.CCCc1ccc(C(=O)O)s1.FC(F)(F)c1cccc(CC=CC2CCC(Cl)C2)c1. The third-order valence-corrected chi connectivity index (χ3v) is 6.32. The van der Waals surface area contributed by atoms with Crippen molar-refractivity contribution in [2.45, 2.75) is 84.7 Å². The number of carboxylic acid groups (broad SMARTS) is 1. The summed E-state index contributed by atoms with van der Waals surface area (Å²) in [4.78, 5) is 12.0. The Balaban J connectivity index is 0.000000618. The Hall–Kier alpha value is -1.79. The van der Waals surface area contributed by atoms with E-state index in [9.17, 15) is 18.0 Å². The molecule has 0 bridgehead atoms. The predicted octanol–water partition coefficient (Wildman–Crippen LogP) is 9.66. The van der Waals surface area contributed by atoms with Gasteiger partial charge >= 0.3 is 12.1 Å². The molecular weight excluding hydrogens is 481 g/mol. The van der Waals surface area contributed by atoms with Gasteiger partial charge in [0, 0.05) is 10.3 Å². The molecule has 1 aromatic heterocycles. The van der Waals surface area contributed by atoms with Crippen LogP contribution in [0, 0.1) is 5.92 Å². The Morgan fingerprint density at radius 3 is 2.32 bits per heavy atom. The molecule has 1 N–H and O–H groups in total. The number of rotatable bonds is 6. The summed E-state index contributed by atoms with van der Waals surface area (Å²) in [7, 11) is 0. The van der Waals surface area contributed by atoms with E-state index in [1.807, 2.05) is 39.8 Å². The zero-order chi connectivity index (χ0) is 26.1. The van der Waals surface area contributed by atoms with E-state index in [2.05, 4.69) is 13.0 Å². The number of carbonyl (C=O) groups is 1. The number of halogens is 4. The average molecular weight is 519 g/mol. The van der Waals surface area contributed by atoms with Gasteiger partial charge in [-0.25, -0.2) is 4.79 Å². The maximum Gasteiger partial charge on any atom is 0.416 e. The van der Waals surface area contributed by atoms with Crippen LogP contribution in [0.4, 0.5) is 13.2 Å². The van der Waals surface area contributed by atoms with Gasteiger partial charge in [-0.05, 0) is 61.8 Å². The molecule has 3 rings (SSSR count). The second kappa shape index (κ2) is 17.6. The number of aromatic carboxylic acids is 1. The first kappa shape index (κ1) is 32.2. The molecule has 1 aliphatic rings. The van der Waals surface area contributed by atoms with Gasteiger partial charge in [0.1, 0.15) is 4.88 Å². The molecule has 0 saturated heterocycles. The van der Waals surface area contributed by atoms with Crippen LogP contribution in [0.15, 0.2) is 48.6 Å². The van der Waals surface area contributed by atoms with E-state index >= 15 is 0 Å². The van der Waals surface area contributed by atoms with Crippen LogP contribution in [0.1, 0.15) is 86.0 Å². The largest absolute Gasteiger partial charge is 0.477 e. The van der Waals surface area contributed by atoms with E-state index in [-0.39, 0.29) is 5.38 Å². The van der Waals surface area contributed by atoms with Crippen molar-refractivity contribution in [3.63, 3.8) is 0 Å². The molecule has 1 aliphatic carbocycles. The van der Waals surface area contributed by atoms with Crippen LogP contribution in [-0.4, -0.2) is 16.5 Å². The van der Waals surface area contributed by atoms with Crippen molar-refractivity contribution in [1.82, 2.24) is 0 Å². The van der Waals surface area contributed by atoms with E-state index in [0.717, 1.165) is 43.0 Å². The summed E-state index contributed by atoms with van der Waals surface area (Å²) < 4.78 is 37.6. The molecule has 2 aromatic rings. The fraction of sp³-hybridized carbons (Fsp3) is 0.519. The van der Waals surface area contributed by atoms with Gasteiger partial charge < -0.3 is 5.11 Å². The van der Waals surface area contributed by atoms with Crippen LogP contribution in [0.5, 0.6) is 0 Å². The maximum atomic E-state index is 12.5. The monoisotopic (exact) mass is 518 g/mol. The molecule has 2 nitrogen and oxygen atoms in total. The number of hydrogen-bond donors (Lipinski definition) is 1. The van der Waals surface area contributed by atoms with Crippen LogP contribution in [0.25, 0.3) is 0 Å². The standard InChI is InChI=1S/C15H16ClF3.C8H10O2S.2C2H6/c16-14-8-7-12(10-14)4-1-3-11-5-2-6-13(9-11)15(17,18)19;1-2-3-6-4-5-7(11-6)8(9)10;2*1-2/h1-2,4-6,9,12,14H,3,7-8,10H2;4-5H,2-3H2,1H3,(H,9,10);2*1-2H3. The zero-order valence-electron chi connectivity index (χ0n) is 20.8. The molecule has 0 aliphatic heterocycles. The van der Waals surface area contributed by atoms with Gasteiger partial charge in [0.15, 0.2) is 0 Å². The highest BCUT2D eigenvalue weighted by Crippen LogP contribution is 2.31. The smallest absolute Gasteiger partial charge is 0.416 e. The van der Waals surface area contributed by atoms with E-state index in [1.165, 1.54) is 23.5 Å². The molecular formula is C27H38ClF3O2S.